The predicted octanol–water partition coefficient (Wildman–Crippen LogP) is 4.27. The first-order valence-corrected chi connectivity index (χ1v) is 10.5. The van der Waals surface area contributed by atoms with Gasteiger partial charge in [0.15, 0.2) is 0 Å². The number of hydrogen-bond donors (Lipinski definition) is 2. The molecule has 1 aromatic carbocycles. The minimum absolute atomic E-state index is 0.181. The largest absolute Gasteiger partial charge is 0.444 e. The zero-order valence-corrected chi connectivity index (χ0v) is 19.4. The van der Waals surface area contributed by atoms with E-state index >= 15 is 0 Å². The molecule has 2 amide bonds. The molecule has 2 heterocycles. The molecule has 164 valence electrons. The van der Waals surface area contributed by atoms with E-state index in [2.05, 4.69) is 31.5 Å². The number of aliphatic imine (C=N–C) groups is 1. The number of hydrogen-bond acceptors (Lipinski definition) is 6. The number of halogens is 1. The molecule has 9 heteroatoms. The van der Waals surface area contributed by atoms with E-state index in [-0.39, 0.29) is 12.5 Å². The normalized spacial score (nSPS) is 18.7. The van der Waals surface area contributed by atoms with Gasteiger partial charge in [0, 0.05) is 16.4 Å². The molecular formula is C22H25BrN4O4. The van der Waals surface area contributed by atoms with E-state index in [1.807, 2.05) is 25.1 Å². The van der Waals surface area contributed by atoms with Crippen molar-refractivity contribution < 1.29 is 19.1 Å². The quantitative estimate of drug-likeness (QED) is 0.671. The molecular weight excluding hydrogens is 464 g/mol. The van der Waals surface area contributed by atoms with Crippen LogP contribution in [0.2, 0.25) is 0 Å². The highest BCUT2D eigenvalue weighted by Crippen LogP contribution is 2.30. The summed E-state index contributed by atoms with van der Waals surface area (Å²) in [5.74, 6) is 0.0713. The molecule has 0 bridgehead atoms. The first kappa shape index (κ1) is 22.9. The lowest BCUT2D eigenvalue weighted by molar-refractivity contribution is 0.0543. The maximum absolute atomic E-state index is 12.5. The van der Waals surface area contributed by atoms with Crippen LogP contribution in [-0.4, -0.2) is 41.6 Å². The standard InChI is InChI=1S/C22H25BrN4O4/c1-21(2,3)31-20(29)26-18-12-30-13-22(4,27-18)14-6-5-7-16(10-14)25-19(28)17-9-8-15(23)11-24-17/h5-11H,12-13H2,1-4H3,(H,25,28)(H,26,27,29). The van der Waals surface area contributed by atoms with Crippen molar-refractivity contribution >= 4 is 39.5 Å². The number of benzene rings is 1. The van der Waals surface area contributed by atoms with Crippen LogP contribution in [0.25, 0.3) is 0 Å². The van der Waals surface area contributed by atoms with Crippen LogP contribution in [0.1, 0.15) is 43.7 Å². The highest BCUT2D eigenvalue weighted by Gasteiger charge is 2.32. The van der Waals surface area contributed by atoms with Gasteiger partial charge in [0.05, 0.1) is 6.61 Å². The zero-order valence-electron chi connectivity index (χ0n) is 17.9. The molecule has 0 fully saturated rings. The molecule has 1 unspecified atom stereocenters. The van der Waals surface area contributed by atoms with Crippen LogP contribution in [0.4, 0.5) is 10.5 Å². The number of amides is 2. The molecule has 0 aliphatic carbocycles. The number of rotatable bonds is 3. The van der Waals surface area contributed by atoms with Crippen LogP contribution in [0.3, 0.4) is 0 Å². The molecule has 0 spiro atoms. The van der Waals surface area contributed by atoms with Crippen LogP contribution in [-0.2, 0) is 15.0 Å². The molecule has 2 aromatic rings. The van der Waals surface area contributed by atoms with E-state index in [1.165, 1.54) is 0 Å². The van der Waals surface area contributed by atoms with Crippen molar-refractivity contribution in [3.8, 4) is 0 Å². The monoisotopic (exact) mass is 488 g/mol. The van der Waals surface area contributed by atoms with Crippen LogP contribution in [0.5, 0.6) is 0 Å². The van der Waals surface area contributed by atoms with Gasteiger partial charge < -0.3 is 14.8 Å². The minimum atomic E-state index is -0.737. The number of alkyl carbamates (subject to hydrolysis) is 1. The van der Waals surface area contributed by atoms with Crippen LogP contribution < -0.4 is 10.6 Å². The summed E-state index contributed by atoms with van der Waals surface area (Å²) in [5.41, 5.74) is 0.398. The van der Waals surface area contributed by atoms with Crippen molar-refractivity contribution in [2.45, 2.75) is 38.8 Å². The number of carbonyl (C=O) groups is 2. The lowest BCUT2D eigenvalue weighted by Gasteiger charge is -2.31. The van der Waals surface area contributed by atoms with Crippen molar-refractivity contribution in [1.82, 2.24) is 10.3 Å². The number of pyridine rings is 1. The summed E-state index contributed by atoms with van der Waals surface area (Å²) in [6, 6.07) is 10.7. The van der Waals surface area contributed by atoms with E-state index < -0.39 is 17.2 Å². The van der Waals surface area contributed by atoms with E-state index in [0.717, 1.165) is 10.0 Å². The maximum Gasteiger partial charge on any atom is 0.413 e. The number of amidine groups is 1. The summed E-state index contributed by atoms with van der Waals surface area (Å²) >= 11 is 3.30. The van der Waals surface area contributed by atoms with E-state index in [9.17, 15) is 9.59 Å². The summed E-state index contributed by atoms with van der Waals surface area (Å²) in [4.78, 5) is 33.4. The smallest absolute Gasteiger partial charge is 0.413 e. The third-order valence-electron chi connectivity index (χ3n) is 4.35. The Labute approximate surface area is 189 Å². The highest BCUT2D eigenvalue weighted by molar-refractivity contribution is 9.10. The second-order valence-corrected chi connectivity index (χ2v) is 9.26. The second kappa shape index (κ2) is 9.15. The summed E-state index contributed by atoms with van der Waals surface area (Å²) in [5, 5.41) is 5.50. The fourth-order valence-corrected chi connectivity index (χ4v) is 3.21. The average Bonchev–Trinajstić information content (AvgIpc) is 2.67. The molecule has 1 atom stereocenters. The second-order valence-electron chi connectivity index (χ2n) is 8.35. The zero-order chi connectivity index (χ0) is 22.6. The van der Waals surface area contributed by atoms with Crippen molar-refractivity contribution in [3.63, 3.8) is 0 Å². The number of nitrogens with zero attached hydrogens (tertiary/aromatic N) is 2. The van der Waals surface area contributed by atoms with Crippen LogP contribution >= 0.6 is 15.9 Å². The fraction of sp³-hybridized carbons (Fsp3) is 0.364. The Balaban J connectivity index is 1.76. The number of aromatic nitrogens is 1. The van der Waals surface area contributed by atoms with Gasteiger partial charge in [0.25, 0.3) is 5.91 Å². The van der Waals surface area contributed by atoms with E-state index in [4.69, 9.17) is 14.5 Å². The van der Waals surface area contributed by atoms with Crippen molar-refractivity contribution in [2.24, 2.45) is 4.99 Å². The van der Waals surface area contributed by atoms with Crippen LogP contribution in [0.15, 0.2) is 52.1 Å². The molecule has 1 aromatic heterocycles. The Morgan fingerprint density at radius 2 is 1.97 bits per heavy atom. The molecule has 3 rings (SSSR count). The Bertz CT molecular complexity index is 1000. The first-order chi connectivity index (χ1) is 14.5. The van der Waals surface area contributed by atoms with Gasteiger partial charge in [-0.05, 0) is 73.5 Å². The van der Waals surface area contributed by atoms with Crippen molar-refractivity contribution in [2.75, 3.05) is 18.5 Å². The van der Waals surface area contributed by atoms with Gasteiger partial charge >= 0.3 is 6.09 Å². The Morgan fingerprint density at radius 3 is 2.65 bits per heavy atom. The molecule has 1 aliphatic rings. The SMILES string of the molecule is CC(C)(C)OC(=O)NC1=NC(C)(c2cccc(NC(=O)c3ccc(Br)cn3)c2)COC1. The molecule has 0 saturated heterocycles. The van der Waals surface area contributed by atoms with Crippen molar-refractivity contribution in [1.29, 1.82) is 0 Å². The summed E-state index contributed by atoms with van der Waals surface area (Å²) in [7, 11) is 0. The molecule has 0 saturated carbocycles. The highest BCUT2D eigenvalue weighted by atomic mass is 79.9. The molecule has 0 radical (unpaired) electrons. The predicted molar refractivity (Wildman–Crippen MR) is 121 cm³/mol. The third kappa shape index (κ3) is 6.35. The van der Waals surface area contributed by atoms with Gasteiger partial charge in [0.1, 0.15) is 29.3 Å². The molecule has 2 N–H and O–H groups in total. The summed E-state index contributed by atoms with van der Waals surface area (Å²) in [6.07, 6.45) is 0.988. The number of anilines is 1. The van der Waals surface area contributed by atoms with Gasteiger partial charge in [0.2, 0.25) is 0 Å². The van der Waals surface area contributed by atoms with Crippen LogP contribution in [0, 0.1) is 0 Å². The van der Waals surface area contributed by atoms with Gasteiger partial charge in [-0.1, -0.05) is 12.1 Å². The Kier molecular flexibility index (Phi) is 6.76. The molecule has 8 nitrogen and oxygen atoms in total. The van der Waals surface area contributed by atoms with Gasteiger partial charge in [-0.2, -0.15) is 0 Å². The Morgan fingerprint density at radius 1 is 1.19 bits per heavy atom. The lowest BCUT2D eigenvalue weighted by Crippen LogP contribution is -2.44. The van der Waals surface area contributed by atoms with Gasteiger partial charge in [-0.25, -0.2) is 9.78 Å². The number of ether oxygens (including phenoxy) is 2. The number of nitrogens with one attached hydrogen (secondary N) is 2. The number of carbonyl (C=O) groups excluding carboxylic acids is 2. The lowest BCUT2D eigenvalue weighted by atomic mass is 9.92. The van der Waals surface area contributed by atoms with Gasteiger partial charge in [-0.15, -0.1) is 0 Å². The first-order valence-electron chi connectivity index (χ1n) is 9.74. The molecule has 1 aliphatic heterocycles. The fourth-order valence-electron chi connectivity index (χ4n) is 2.98. The topological polar surface area (TPSA) is 102 Å². The van der Waals surface area contributed by atoms with E-state index in [0.29, 0.717) is 23.8 Å². The minimum Gasteiger partial charge on any atom is -0.444 e. The third-order valence-corrected chi connectivity index (χ3v) is 4.82. The Hall–Kier alpha value is -2.78. The molecule has 31 heavy (non-hydrogen) atoms. The average molecular weight is 489 g/mol. The van der Waals surface area contributed by atoms with Gasteiger partial charge in [-0.3, -0.25) is 15.1 Å². The summed E-state index contributed by atoms with van der Waals surface area (Å²) in [6.45, 7) is 7.79. The maximum atomic E-state index is 12.5. The summed E-state index contributed by atoms with van der Waals surface area (Å²) < 4.78 is 11.8. The van der Waals surface area contributed by atoms with Crippen molar-refractivity contribution in [3.05, 3.63) is 58.3 Å². The van der Waals surface area contributed by atoms with E-state index in [1.54, 1.807) is 45.2 Å².